The summed E-state index contributed by atoms with van der Waals surface area (Å²) in [7, 11) is 1.53. The second-order valence-corrected chi connectivity index (χ2v) is 5.34. The first-order valence-electron chi connectivity index (χ1n) is 7.26. The van der Waals surface area contributed by atoms with Gasteiger partial charge in [-0.05, 0) is 18.6 Å². The predicted molar refractivity (Wildman–Crippen MR) is 88.4 cm³/mol. The van der Waals surface area contributed by atoms with Gasteiger partial charge in [-0.2, -0.15) is 0 Å². The van der Waals surface area contributed by atoms with Crippen LogP contribution in [0.3, 0.4) is 0 Å². The van der Waals surface area contributed by atoms with E-state index in [-0.39, 0.29) is 12.3 Å². The molecule has 0 radical (unpaired) electrons. The number of rotatable bonds is 7. The van der Waals surface area contributed by atoms with Crippen LogP contribution in [0.2, 0.25) is 0 Å². The predicted octanol–water partition coefficient (Wildman–Crippen LogP) is 3.20. The van der Waals surface area contributed by atoms with E-state index < -0.39 is 11.0 Å². The van der Waals surface area contributed by atoms with Crippen molar-refractivity contribution in [2.45, 2.75) is 19.6 Å². The molecule has 2 N–H and O–H groups in total. The van der Waals surface area contributed by atoms with Gasteiger partial charge in [-0.25, -0.2) is 0 Å². The molecule has 0 bridgehead atoms. The summed E-state index contributed by atoms with van der Waals surface area (Å²) in [6, 6.07) is 12.2. The van der Waals surface area contributed by atoms with Gasteiger partial charge in [-0.3, -0.25) is 10.1 Å². The number of non-ortho nitro benzene ring substituents is 1. The van der Waals surface area contributed by atoms with Crippen LogP contribution in [0.4, 0.5) is 11.4 Å². The Balaban J connectivity index is 2.11. The number of benzene rings is 2. The van der Waals surface area contributed by atoms with Crippen LogP contribution in [-0.4, -0.2) is 23.7 Å². The van der Waals surface area contributed by atoms with Crippen molar-refractivity contribution in [2.24, 2.45) is 0 Å². The van der Waals surface area contributed by atoms with E-state index in [9.17, 15) is 15.2 Å². The second-order valence-electron chi connectivity index (χ2n) is 5.34. The molecule has 0 aliphatic rings. The van der Waals surface area contributed by atoms with Gasteiger partial charge in [0.15, 0.2) is 0 Å². The molecular weight excluding hydrogens is 296 g/mol. The highest BCUT2D eigenvalue weighted by molar-refractivity contribution is 5.56. The van der Waals surface area contributed by atoms with Crippen molar-refractivity contribution in [1.29, 1.82) is 0 Å². The zero-order chi connectivity index (χ0) is 16.8. The first-order valence-corrected chi connectivity index (χ1v) is 7.26. The van der Waals surface area contributed by atoms with Crippen LogP contribution in [0.5, 0.6) is 0 Å². The number of nitro benzene ring substituents is 1. The average Bonchev–Trinajstić information content (AvgIpc) is 2.53. The van der Waals surface area contributed by atoms with Crippen molar-refractivity contribution in [3.05, 3.63) is 69.3 Å². The average molecular weight is 316 g/mol. The first kappa shape index (κ1) is 16.9. The lowest BCUT2D eigenvalue weighted by Gasteiger charge is -2.16. The van der Waals surface area contributed by atoms with Gasteiger partial charge in [0.25, 0.3) is 5.69 Å². The fraction of sp³-hybridized carbons (Fsp3) is 0.294. The van der Waals surface area contributed by atoms with Crippen LogP contribution in [-0.2, 0) is 11.3 Å². The molecule has 122 valence electrons. The number of aliphatic hydroxyl groups excluding tert-OH is 1. The minimum absolute atomic E-state index is 0.0156. The number of anilines is 1. The zero-order valence-electron chi connectivity index (χ0n) is 13.2. The highest BCUT2D eigenvalue weighted by atomic mass is 16.6. The third-order valence-corrected chi connectivity index (χ3v) is 3.51. The topological polar surface area (TPSA) is 84.6 Å². The number of nitrogens with one attached hydrogen (secondary N) is 1. The quantitative estimate of drug-likeness (QED) is 0.605. The number of ether oxygens (including phenoxy) is 1. The van der Waals surface area contributed by atoms with E-state index in [0.717, 1.165) is 11.1 Å². The smallest absolute Gasteiger partial charge is 0.269 e. The van der Waals surface area contributed by atoms with Crippen LogP contribution in [0.1, 0.15) is 22.8 Å². The summed E-state index contributed by atoms with van der Waals surface area (Å²) in [6.45, 7) is 2.53. The standard InChI is InChI=1S/C17H20N2O4/c1-12-4-3-5-13(8-12)17(20)10-18-16-7-6-15(19(21)22)9-14(16)11-23-2/h3-9,17-18,20H,10-11H2,1-2H3. The lowest BCUT2D eigenvalue weighted by molar-refractivity contribution is -0.384. The van der Waals surface area contributed by atoms with Gasteiger partial charge in [0.2, 0.25) is 0 Å². The number of hydrogen-bond donors (Lipinski definition) is 2. The van der Waals surface area contributed by atoms with E-state index in [0.29, 0.717) is 17.8 Å². The van der Waals surface area contributed by atoms with Crippen molar-refractivity contribution in [1.82, 2.24) is 0 Å². The summed E-state index contributed by atoms with van der Waals surface area (Å²) in [6.07, 6.45) is -0.666. The van der Waals surface area contributed by atoms with Gasteiger partial charge in [0, 0.05) is 37.0 Å². The van der Waals surface area contributed by atoms with Crippen molar-refractivity contribution >= 4 is 11.4 Å². The molecule has 0 aromatic heterocycles. The number of methoxy groups -OCH3 is 1. The molecule has 2 aromatic carbocycles. The molecule has 6 nitrogen and oxygen atoms in total. The third-order valence-electron chi connectivity index (χ3n) is 3.51. The molecule has 0 saturated heterocycles. The molecule has 0 fully saturated rings. The summed E-state index contributed by atoms with van der Waals surface area (Å²) in [5.74, 6) is 0. The molecule has 2 aromatic rings. The maximum absolute atomic E-state index is 10.9. The fourth-order valence-electron chi connectivity index (χ4n) is 2.34. The summed E-state index contributed by atoms with van der Waals surface area (Å²) in [4.78, 5) is 10.4. The van der Waals surface area contributed by atoms with Crippen LogP contribution in [0.15, 0.2) is 42.5 Å². The van der Waals surface area contributed by atoms with E-state index in [1.807, 2.05) is 31.2 Å². The summed E-state index contributed by atoms with van der Waals surface area (Å²) < 4.78 is 5.09. The fourth-order valence-corrected chi connectivity index (χ4v) is 2.34. The van der Waals surface area contributed by atoms with Crippen LogP contribution < -0.4 is 5.32 Å². The van der Waals surface area contributed by atoms with Crippen molar-refractivity contribution in [3.63, 3.8) is 0 Å². The lowest BCUT2D eigenvalue weighted by Crippen LogP contribution is -2.13. The second kappa shape index (κ2) is 7.71. The molecule has 0 aliphatic carbocycles. The van der Waals surface area contributed by atoms with E-state index in [4.69, 9.17) is 4.74 Å². The number of aliphatic hydroxyl groups is 1. The Morgan fingerprint density at radius 2 is 2.09 bits per heavy atom. The van der Waals surface area contributed by atoms with E-state index in [2.05, 4.69) is 5.32 Å². The molecular formula is C17H20N2O4. The Labute approximate surface area is 134 Å². The van der Waals surface area contributed by atoms with Crippen molar-refractivity contribution < 1.29 is 14.8 Å². The Kier molecular flexibility index (Phi) is 5.67. The van der Waals surface area contributed by atoms with Gasteiger partial charge in [0.1, 0.15) is 0 Å². The summed E-state index contributed by atoms with van der Waals surface area (Å²) in [5, 5.41) is 24.3. The molecule has 23 heavy (non-hydrogen) atoms. The molecule has 0 spiro atoms. The molecule has 0 saturated carbocycles. The highest BCUT2D eigenvalue weighted by Crippen LogP contribution is 2.24. The number of aryl methyl sites for hydroxylation is 1. The molecule has 2 rings (SSSR count). The van der Waals surface area contributed by atoms with Crippen molar-refractivity contribution in [3.8, 4) is 0 Å². The molecule has 1 unspecified atom stereocenters. The Bertz CT molecular complexity index is 688. The number of nitro groups is 1. The van der Waals surface area contributed by atoms with Crippen molar-refractivity contribution in [2.75, 3.05) is 19.0 Å². The monoisotopic (exact) mass is 316 g/mol. The van der Waals surface area contributed by atoms with Crippen LogP contribution in [0, 0.1) is 17.0 Å². The Morgan fingerprint density at radius 1 is 1.30 bits per heavy atom. The molecule has 6 heteroatoms. The Hall–Kier alpha value is -2.44. The third kappa shape index (κ3) is 4.51. The normalized spacial score (nSPS) is 12.0. The molecule has 0 aliphatic heterocycles. The van der Waals surface area contributed by atoms with Crippen LogP contribution >= 0.6 is 0 Å². The zero-order valence-corrected chi connectivity index (χ0v) is 13.2. The summed E-state index contributed by atoms with van der Waals surface area (Å²) >= 11 is 0. The Morgan fingerprint density at radius 3 is 2.74 bits per heavy atom. The SMILES string of the molecule is COCc1cc([N+](=O)[O-])ccc1NCC(O)c1cccc(C)c1. The van der Waals surface area contributed by atoms with E-state index >= 15 is 0 Å². The lowest BCUT2D eigenvalue weighted by atomic mass is 10.1. The molecule has 1 atom stereocenters. The largest absolute Gasteiger partial charge is 0.387 e. The first-order chi connectivity index (χ1) is 11.0. The number of hydrogen-bond acceptors (Lipinski definition) is 5. The van der Waals surface area contributed by atoms with Gasteiger partial charge in [-0.15, -0.1) is 0 Å². The molecule has 0 heterocycles. The van der Waals surface area contributed by atoms with Gasteiger partial charge < -0.3 is 15.2 Å². The maximum Gasteiger partial charge on any atom is 0.269 e. The maximum atomic E-state index is 10.9. The molecule has 0 amide bonds. The minimum Gasteiger partial charge on any atom is -0.387 e. The highest BCUT2D eigenvalue weighted by Gasteiger charge is 2.13. The van der Waals surface area contributed by atoms with Crippen LogP contribution in [0.25, 0.3) is 0 Å². The van der Waals surface area contributed by atoms with Gasteiger partial charge >= 0.3 is 0 Å². The van der Waals surface area contributed by atoms with Gasteiger partial charge in [-0.1, -0.05) is 29.8 Å². The minimum atomic E-state index is -0.666. The van der Waals surface area contributed by atoms with E-state index in [1.54, 1.807) is 6.07 Å². The number of nitrogens with zero attached hydrogens (tertiary/aromatic N) is 1. The summed E-state index contributed by atoms with van der Waals surface area (Å²) in [5.41, 5.74) is 3.31. The van der Waals surface area contributed by atoms with Gasteiger partial charge in [0.05, 0.1) is 17.6 Å². The van der Waals surface area contributed by atoms with E-state index in [1.165, 1.54) is 19.2 Å².